The summed E-state index contributed by atoms with van der Waals surface area (Å²) >= 11 is 0. The summed E-state index contributed by atoms with van der Waals surface area (Å²) in [5, 5.41) is 2.35. The summed E-state index contributed by atoms with van der Waals surface area (Å²) in [6.45, 7) is 6.30. The van der Waals surface area contributed by atoms with Crippen molar-refractivity contribution in [3.8, 4) is 5.75 Å². The van der Waals surface area contributed by atoms with Gasteiger partial charge in [0.2, 0.25) is 0 Å². The van der Waals surface area contributed by atoms with Gasteiger partial charge in [0, 0.05) is 17.0 Å². The van der Waals surface area contributed by atoms with Gasteiger partial charge in [-0.2, -0.15) is 0 Å². The highest BCUT2D eigenvalue weighted by Gasteiger charge is 2.14. The standard InChI is InChI=1S/C17H23NO/c1-4-7-12(2)19-17-15(13(3)18)11-10-14-8-5-6-9-16(14)17/h5-6,8-13H,4,7,18H2,1-3H3/t12?,13-/m0/s1. The Morgan fingerprint density at radius 2 is 1.84 bits per heavy atom. The molecule has 0 heterocycles. The van der Waals surface area contributed by atoms with Crippen LogP contribution in [0.2, 0.25) is 0 Å². The number of rotatable bonds is 5. The van der Waals surface area contributed by atoms with Gasteiger partial charge in [0.15, 0.2) is 0 Å². The molecule has 2 nitrogen and oxygen atoms in total. The fourth-order valence-electron chi connectivity index (χ4n) is 2.42. The van der Waals surface area contributed by atoms with E-state index in [2.05, 4.69) is 38.1 Å². The van der Waals surface area contributed by atoms with Crippen molar-refractivity contribution in [3.63, 3.8) is 0 Å². The van der Waals surface area contributed by atoms with E-state index in [9.17, 15) is 0 Å². The zero-order valence-electron chi connectivity index (χ0n) is 12.0. The van der Waals surface area contributed by atoms with Gasteiger partial charge in [0.05, 0.1) is 6.10 Å². The largest absolute Gasteiger partial charge is 0.490 e. The molecular weight excluding hydrogens is 234 g/mol. The van der Waals surface area contributed by atoms with E-state index in [0.717, 1.165) is 29.5 Å². The molecule has 0 aliphatic heterocycles. The molecule has 19 heavy (non-hydrogen) atoms. The topological polar surface area (TPSA) is 35.2 Å². The Balaban J connectivity index is 2.49. The van der Waals surface area contributed by atoms with Crippen molar-refractivity contribution < 1.29 is 4.74 Å². The normalized spacial score (nSPS) is 14.3. The molecule has 1 unspecified atom stereocenters. The monoisotopic (exact) mass is 257 g/mol. The molecule has 0 aromatic heterocycles. The molecule has 0 saturated heterocycles. The van der Waals surface area contributed by atoms with Crippen LogP contribution >= 0.6 is 0 Å². The lowest BCUT2D eigenvalue weighted by molar-refractivity contribution is 0.210. The van der Waals surface area contributed by atoms with Gasteiger partial charge in [-0.15, -0.1) is 0 Å². The van der Waals surface area contributed by atoms with Crippen LogP contribution in [0, 0.1) is 0 Å². The molecule has 102 valence electrons. The third-order valence-corrected chi connectivity index (χ3v) is 3.41. The van der Waals surface area contributed by atoms with Gasteiger partial charge in [-0.1, -0.05) is 49.7 Å². The highest BCUT2D eigenvalue weighted by atomic mass is 16.5. The molecule has 0 radical (unpaired) electrons. The molecule has 2 aromatic rings. The Morgan fingerprint density at radius 1 is 1.11 bits per heavy atom. The van der Waals surface area contributed by atoms with Gasteiger partial charge in [-0.3, -0.25) is 0 Å². The number of fused-ring (bicyclic) bond motifs is 1. The quantitative estimate of drug-likeness (QED) is 0.860. The Kier molecular flexibility index (Phi) is 4.43. The Bertz CT molecular complexity index is 548. The summed E-state index contributed by atoms with van der Waals surface area (Å²) in [5.74, 6) is 0.953. The molecule has 0 fully saturated rings. The Labute approximate surface area is 115 Å². The zero-order valence-corrected chi connectivity index (χ0v) is 12.0. The van der Waals surface area contributed by atoms with Gasteiger partial charge in [0.1, 0.15) is 5.75 Å². The maximum Gasteiger partial charge on any atom is 0.132 e. The van der Waals surface area contributed by atoms with E-state index in [-0.39, 0.29) is 12.1 Å². The first-order valence-corrected chi connectivity index (χ1v) is 7.07. The number of hydrogen-bond donors (Lipinski definition) is 1. The smallest absolute Gasteiger partial charge is 0.132 e. The van der Waals surface area contributed by atoms with Crippen LogP contribution in [0.4, 0.5) is 0 Å². The summed E-state index contributed by atoms with van der Waals surface area (Å²) in [4.78, 5) is 0. The fraction of sp³-hybridized carbons (Fsp3) is 0.412. The Morgan fingerprint density at radius 3 is 2.53 bits per heavy atom. The fourth-order valence-corrected chi connectivity index (χ4v) is 2.42. The SMILES string of the molecule is CCCC(C)Oc1c([C@H](C)N)ccc2ccccc12. The van der Waals surface area contributed by atoms with Crippen LogP contribution < -0.4 is 10.5 Å². The Hall–Kier alpha value is -1.54. The average molecular weight is 257 g/mol. The minimum atomic E-state index is -0.0200. The first kappa shape index (κ1) is 13.9. The average Bonchev–Trinajstić information content (AvgIpc) is 2.39. The molecule has 2 heteroatoms. The lowest BCUT2D eigenvalue weighted by Gasteiger charge is -2.20. The van der Waals surface area contributed by atoms with Crippen molar-refractivity contribution in [2.45, 2.75) is 45.8 Å². The van der Waals surface area contributed by atoms with Crippen LogP contribution in [0.15, 0.2) is 36.4 Å². The molecular formula is C17H23NO. The summed E-state index contributed by atoms with van der Waals surface area (Å²) < 4.78 is 6.18. The van der Waals surface area contributed by atoms with Crippen LogP contribution in [-0.4, -0.2) is 6.10 Å². The third kappa shape index (κ3) is 3.07. The molecule has 0 saturated carbocycles. The molecule has 0 bridgehead atoms. The van der Waals surface area contributed by atoms with E-state index in [1.165, 1.54) is 5.39 Å². The number of nitrogens with two attached hydrogens (primary N) is 1. The second-order valence-corrected chi connectivity index (χ2v) is 5.21. The van der Waals surface area contributed by atoms with Gasteiger partial charge in [0.25, 0.3) is 0 Å². The number of ether oxygens (including phenoxy) is 1. The van der Waals surface area contributed by atoms with Gasteiger partial charge in [-0.05, 0) is 25.7 Å². The van der Waals surface area contributed by atoms with Crippen molar-refractivity contribution in [2.24, 2.45) is 5.73 Å². The van der Waals surface area contributed by atoms with Crippen LogP contribution in [0.3, 0.4) is 0 Å². The minimum Gasteiger partial charge on any atom is -0.490 e. The molecule has 2 atom stereocenters. The second-order valence-electron chi connectivity index (χ2n) is 5.21. The van der Waals surface area contributed by atoms with Crippen molar-refractivity contribution in [1.82, 2.24) is 0 Å². The van der Waals surface area contributed by atoms with E-state index in [1.54, 1.807) is 0 Å². The van der Waals surface area contributed by atoms with Crippen LogP contribution in [0.25, 0.3) is 10.8 Å². The summed E-state index contributed by atoms with van der Waals surface area (Å²) in [5.41, 5.74) is 7.16. The lowest BCUT2D eigenvalue weighted by atomic mass is 10.0. The maximum atomic E-state index is 6.18. The van der Waals surface area contributed by atoms with Crippen LogP contribution in [0.5, 0.6) is 5.75 Å². The first-order valence-electron chi connectivity index (χ1n) is 7.07. The molecule has 0 aliphatic rings. The summed E-state index contributed by atoms with van der Waals surface area (Å²) in [7, 11) is 0. The van der Waals surface area contributed by atoms with Crippen LogP contribution in [0.1, 0.15) is 45.2 Å². The van der Waals surface area contributed by atoms with Gasteiger partial charge < -0.3 is 10.5 Å². The molecule has 2 aromatic carbocycles. The highest BCUT2D eigenvalue weighted by molar-refractivity contribution is 5.89. The summed E-state index contributed by atoms with van der Waals surface area (Å²) in [6.07, 6.45) is 2.40. The van der Waals surface area contributed by atoms with Crippen molar-refractivity contribution >= 4 is 10.8 Å². The van der Waals surface area contributed by atoms with E-state index in [1.807, 2.05) is 19.1 Å². The molecule has 2 rings (SSSR count). The van der Waals surface area contributed by atoms with E-state index in [4.69, 9.17) is 10.5 Å². The molecule has 0 aliphatic carbocycles. The van der Waals surface area contributed by atoms with Gasteiger partial charge >= 0.3 is 0 Å². The van der Waals surface area contributed by atoms with E-state index in [0.29, 0.717) is 0 Å². The van der Waals surface area contributed by atoms with Gasteiger partial charge in [-0.25, -0.2) is 0 Å². The predicted octanol–water partition coefficient (Wildman–Crippen LogP) is 4.43. The number of benzene rings is 2. The third-order valence-electron chi connectivity index (χ3n) is 3.41. The van der Waals surface area contributed by atoms with Crippen molar-refractivity contribution in [2.75, 3.05) is 0 Å². The molecule has 0 amide bonds. The predicted molar refractivity (Wildman–Crippen MR) is 81.5 cm³/mol. The van der Waals surface area contributed by atoms with E-state index < -0.39 is 0 Å². The minimum absolute atomic E-state index is 0.0200. The number of hydrogen-bond acceptors (Lipinski definition) is 2. The van der Waals surface area contributed by atoms with Crippen molar-refractivity contribution in [3.05, 3.63) is 42.0 Å². The maximum absolute atomic E-state index is 6.18. The second kappa shape index (κ2) is 6.07. The summed E-state index contributed by atoms with van der Waals surface area (Å²) in [6, 6.07) is 12.5. The molecule has 0 spiro atoms. The molecule has 2 N–H and O–H groups in total. The van der Waals surface area contributed by atoms with Crippen molar-refractivity contribution in [1.29, 1.82) is 0 Å². The zero-order chi connectivity index (χ0) is 13.8. The van der Waals surface area contributed by atoms with E-state index >= 15 is 0 Å². The lowest BCUT2D eigenvalue weighted by Crippen LogP contribution is -2.15. The first-order chi connectivity index (χ1) is 9.13. The van der Waals surface area contributed by atoms with Crippen LogP contribution in [-0.2, 0) is 0 Å². The highest BCUT2D eigenvalue weighted by Crippen LogP contribution is 2.34.